The van der Waals surface area contributed by atoms with Crippen LogP contribution in [0.15, 0.2) is 98.1 Å². The fourth-order valence-electron chi connectivity index (χ4n) is 2.14. The van der Waals surface area contributed by atoms with E-state index in [1.165, 1.54) is 21.5 Å². The van der Waals surface area contributed by atoms with Crippen LogP contribution in [-0.2, 0) is 25.8 Å². The topological polar surface area (TPSA) is 23.1 Å². The smallest absolute Gasteiger partial charge is 1.00 e. The molecule has 0 radical (unpaired) electrons. The summed E-state index contributed by atoms with van der Waals surface area (Å²) in [5.74, 6) is 0. The largest absolute Gasteiger partial charge is 4.00 e. The van der Waals surface area contributed by atoms with Gasteiger partial charge in [-0.2, -0.15) is 42.1 Å². The van der Waals surface area contributed by atoms with E-state index in [1.54, 1.807) is 0 Å². The number of benzene rings is 2. The number of hydrogen-bond donors (Lipinski definition) is 0. The Morgan fingerprint density at radius 1 is 0.667 bits per heavy atom. The normalized spacial score (nSPS) is 8.08. The number of fused-ring (bicyclic) bond motifs is 2. The van der Waals surface area contributed by atoms with Crippen LogP contribution in [-0.4, -0.2) is 7.11 Å². The van der Waals surface area contributed by atoms with Crippen molar-refractivity contribution in [3.8, 4) is 0 Å². The molecule has 0 atom stereocenters. The maximum absolute atomic E-state index is 8.25. The van der Waals surface area contributed by atoms with Gasteiger partial charge in [0, 0.05) is 0 Å². The van der Waals surface area contributed by atoms with Crippen LogP contribution in [0, 0.1) is 0 Å². The summed E-state index contributed by atoms with van der Waals surface area (Å²) in [5, 5.41) is 13.6. The molecular formula is C21H21ClHfO. The number of hydrogen-bond acceptors (Lipinski definition) is 1. The van der Waals surface area contributed by atoms with Crippen LogP contribution < -0.4 is 17.5 Å². The van der Waals surface area contributed by atoms with E-state index in [1.807, 2.05) is 0 Å². The van der Waals surface area contributed by atoms with Gasteiger partial charge in [0.05, 0.1) is 0 Å². The van der Waals surface area contributed by atoms with Crippen LogP contribution in [0.2, 0.25) is 0 Å². The minimum absolute atomic E-state index is 0. The summed E-state index contributed by atoms with van der Waals surface area (Å²) in [6.45, 7) is 6.00. The van der Waals surface area contributed by atoms with Gasteiger partial charge in [-0.3, -0.25) is 0 Å². The Bertz CT molecular complexity index is 647. The van der Waals surface area contributed by atoms with E-state index in [0.717, 1.165) is 7.11 Å². The van der Waals surface area contributed by atoms with Gasteiger partial charge >= 0.3 is 25.8 Å². The molecular weight excluding hydrogens is 482 g/mol. The predicted molar refractivity (Wildman–Crippen MR) is 96.3 cm³/mol. The molecule has 0 N–H and O–H groups in total. The summed E-state index contributed by atoms with van der Waals surface area (Å²) in [4.78, 5) is 0. The second-order valence-corrected chi connectivity index (χ2v) is 4.31. The molecule has 0 saturated carbocycles. The van der Waals surface area contributed by atoms with Gasteiger partial charge in [-0.1, -0.05) is 12.1 Å². The standard InChI is InChI=1S/2C9H7.C2H4.CH3O.ClH.Hf/c2*1-2-5-9-7-3-6-8(9)4-1;2*1-2;;/h2*1-7H;1-2H2;1H3;1H;/q2*-1;;-1;;+4/p-1. The van der Waals surface area contributed by atoms with Gasteiger partial charge < -0.3 is 17.5 Å². The summed E-state index contributed by atoms with van der Waals surface area (Å²) in [7, 11) is 0.750. The summed E-state index contributed by atoms with van der Waals surface area (Å²) in [6.07, 6.45) is 0. The molecule has 0 amide bonds. The zero-order valence-electron chi connectivity index (χ0n) is 13.8. The van der Waals surface area contributed by atoms with Crippen LogP contribution in [0.1, 0.15) is 0 Å². The molecule has 0 heterocycles. The Balaban J connectivity index is 0. The van der Waals surface area contributed by atoms with E-state index in [2.05, 4.69) is 98.1 Å². The molecule has 24 heavy (non-hydrogen) atoms. The van der Waals surface area contributed by atoms with E-state index in [0.29, 0.717) is 0 Å². The van der Waals surface area contributed by atoms with Gasteiger partial charge in [-0.15, -0.1) is 72.5 Å². The maximum Gasteiger partial charge on any atom is 4.00 e. The van der Waals surface area contributed by atoms with Crippen LogP contribution in [0.3, 0.4) is 0 Å². The molecule has 0 aliphatic heterocycles. The van der Waals surface area contributed by atoms with Crippen molar-refractivity contribution in [1.29, 1.82) is 0 Å². The summed E-state index contributed by atoms with van der Waals surface area (Å²) >= 11 is 0. The molecule has 0 unspecified atom stereocenters. The van der Waals surface area contributed by atoms with Gasteiger partial charge in [0.1, 0.15) is 0 Å². The molecule has 0 aromatic heterocycles. The Morgan fingerprint density at radius 3 is 1.33 bits per heavy atom. The first-order valence-electron chi connectivity index (χ1n) is 7.05. The number of rotatable bonds is 0. The minimum atomic E-state index is 0. The molecule has 0 fully saturated rings. The second-order valence-electron chi connectivity index (χ2n) is 4.31. The third-order valence-corrected chi connectivity index (χ3v) is 3.10. The third kappa shape index (κ3) is 7.39. The zero-order valence-corrected chi connectivity index (χ0v) is 18.1. The van der Waals surface area contributed by atoms with Crippen molar-refractivity contribution < 1.29 is 43.4 Å². The predicted octanol–water partition coefficient (Wildman–Crippen LogP) is 1.90. The van der Waals surface area contributed by atoms with Crippen molar-refractivity contribution in [2.75, 3.05) is 7.11 Å². The van der Waals surface area contributed by atoms with Crippen LogP contribution in [0.25, 0.3) is 21.5 Å². The van der Waals surface area contributed by atoms with E-state index in [-0.39, 0.29) is 38.3 Å². The van der Waals surface area contributed by atoms with Gasteiger partial charge in [0.15, 0.2) is 0 Å². The first-order valence-corrected chi connectivity index (χ1v) is 7.05. The summed E-state index contributed by atoms with van der Waals surface area (Å²) < 4.78 is 0. The summed E-state index contributed by atoms with van der Waals surface area (Å²) in [5.41, 5.74) is 0. The average Bonchev–Trinajstić information content (AvgIpc) is 3.28. The van der Waals surface area contributed by atoms with Gasteiger partial charge in [0.25, 0.3) is 0 Å². The Hall–Kier alpha value is -1.48. The molecule has 0 aliphatic rings. The molecule has 3 heteroatoms. The molecule has 0 aliphatic carbocycles. The van der Waals surface area contributed by atoms with Crippen LogP contribution in [0.4, 0.5) is 0 Å². The molecule has 4 aromatic carbocycles. The molecule has 4 rings (SSSR count). The molecule has 0 spiro atoms. The Labute approximate surface area is 169 Å². The molecule has 122 valence electrons. The van der Waals surface area contributed by atoms with E-state index in [4.69, 9.17) is 5.11 Å². The van der Waals surface area contributed by atoms with E-state index in [9.17, 15) is 0 Å². The quantitative estimate of drug-likeness (QED) is 0.204. The number of halogens is 1. The third-order valence-electron chi connectivity index (χ3n) is 3.10. The van der Waals surface area contributed by atoms with Crippen LogP contribution >= 0.6 is 0 Å². The van der Waals surface area contributed by atoms with E-state index >= 15 is 0 Å². The summed E-state index contributed by atoms with van der Waals surface area (Å²) in [6, 6.07) is 29.3. The van der Waals surface area contributed by atoms with E-state index < -0.39 is 0 Å². The second kappa shape index (κ2) is 15.1. The SMILES string of the molecule is C=C.C[O-].[Cl-].[Hf+4].c1ccc2[cH-]ccc2c1.c1ccc2[cH-]ccc2c1. The molecule has 0 bridgehead atoms. The Kier molecular flexibility index (Phi) is 15.6. The molecule has 4 aromatic rings. The zero-order chi connectivity index (χ0) is 16.2. The van der Waals surface area contributed by atoms with Crippen LogP contribution in [0.5, 0.6) is 0 Å². The monoisotopic (exact) mass is 504 g/mol. The fraction of sp³-hybridized carbons (Fsp3) is 0.0476. The van der Waals surface area contributed by atoms with Crippen molar-refractivity contribution >= 4 is 21.5 Å². The Morgan fingerprint density at radius 2 is 1.00 bits per heavy atom. The van der Waals surface area contributed by atoms with Crippen molar-refractivity contribution in [2.45, 2.75) is 0 Å². The van der Waals surface area contributed by atoms with Crippen molar-refractivity contribution in [1.82, 2.24) is 0 Å². The molecule has 0 saturated heterocycles. The van der Waals surface area contributed by atoms with Crippen molar-refractivity contribution in [2.24, 2.45) is 0 Å². The maximum atomic E-state index is 8.25. The van der Waals surface area contributed by atoms with Gasteiger partial charge in [-0.05, 0) is 0 Å². The molecule has 1 nitrogen and oxygen atoms in total. The first kappa shape index (κ1) is 24.8. The fourth-order valence-corrected chi connectivity index (χ4v) is 2.14. The minimum Gasteiger partial charge on any atom is -1.00 e. The van der Waals surface area contributed by atoms with Gasteiger partial charge in [-0.25, -0.2) is 0 Å². The van der Waals surface area contributed by atoms with Crippen molar-refractivity contribution in [3.05, 3.63) is 98.1 Å². The average molecular weight is 503 g/mol. The van der Waals surface area contributed by atoms with Gasteiger partial charge in [0.2, 0.25) is 0 Å². The first-order chi connectivity index (χ1) is 10.9. The van der Waals surface area contributed by atoms with Crippen molar-refractivity contribution in [3.63, 3.8) is 0 Å².